The number of rotatable bonds is 3. The highest BCUT2D eigenvalue weighted by atomic mass is 127. The smallest absolute Gasteiger partial charge is 0.257 e. The molecule has 110 valence electrons. The predicted molar refractivity (Wildman–Crippen MR) is 99.4 cm³/mol. The Morgan fingerprint density at radius 1 is 1.18 bits per heavy atom. The van der Waals surface area contributed by atoms with Gasteiger partial charge in [0.2, 0.25) is 0 Å². The summed E-state index contributed by atoms with van der Waals surface area (Å²) in [4.78, 5) is 16.7. The zero-order chi connectivity index (χ0) is 15.5. The predicted octanol–water partition coefficient (Wildman–Crippen LogP) is 4.98. The quantitative estimate of drug-likeness (QED) is 0.608. The first-order valence-electron chi connectivity index (χ1n) is 6.71. The Kier molecular flexibility index (Phi) is 4.54. The van der Waals surface area contributed by atoms with Gasteiger partial charge in [-0.25, -0.2) is 4.98 Å². The second-order valence-corrected chi connectivity index (χ2v) is 6.97. The number of benzene rings is 2. The fraction of sp³-hybridized carbons (Fsp3) is 0.0588. The van der Waals surface area contributed by atoms with Gasteiger partial charge < -0.3 is 0 Å². The number of anilines is 1. The molecule has 3 rings (SSSR count). The van der Waals surface area contributed by atoms with Crippen LogP contribution < -0.4 is 5.32 Å². The second kappa shape index (κ2) is 6.58. The van der Waals surface area contributed by atoms with Crippen molar-refractivity contribution in [2.45, 2.75) is 6.92 Å². The van der Waals surface area contributed by atoms with E-state index >= 15 is 0 Å². The van der Waals surface area contributed by atoms with Crippen LogP contribution in [0.15, 0.2) is 53.9 Å². The number of halogens is 1. The van der Waals surface area contributed by atoms with Gasteiger partial charge in [-0.2, -0.15) is 0 Å². The molecular formula is C17H13IN2OS. The summed E-state index contributed by atoms with van der Waals surface area (Å²) in [6, 6.07) is 15.7. The summed E-state index contributed by atoms with van der Waals surface area (Å²) < 4.78 is 1.03. The van der Waals surface area contributed by atoms with E-state index in [0.717, 1.165) is 14.8 Å². The molecule has 5 heteroatoms. The summed E-state index contributed by atoms with van der Waals surface area (Å²) >= 11 is 3.62. The molecule has 0 aliphatic rings. The maximum absolute atomic E-state index is 12.2. The number of carbonyl (C=O) groups is 1. The first-order chi connectivity index (χ1) is 10.6. The van der Waals surface area contributed by atoms with Gasteiger partial charge in [0.05, 0.1) is 5.69 Å². The van der Waals surface area contributed by atoms with Crippen molar-refractivity contribution in [1.82, 2.24) is 4.98 Å². The zero-order valence-corrected chi connectivity index (χ0v) is 14.8. The maximum Gasteiger partial charge on any atom is 0.257 e. The highest BCUT2D eigenvalue weighted by Gasteiger charge is 2.10. The molecule has 0 unspecified atom stereocenters. The van der Waals surface area contributed by atoms with Gasteiger partial charge in [-0.05, 0) is 47.7 Å². The van der Waals surface area contributed by atoms with Crippen LogP contribution in [0.2, 0.25) is 0 Å². The van der Waals surface area contributed by atoms with Crippen molar-refractivity contribution in [3.8, 4) is 11.3 Å². The average molecular weight is 420 g/mol. The minimum absolute atomic E-state index is 0.136. The lowest BCUT2D eigenvalue weighted by atomic mass is 10.1. The third kappa shape index (κ3) is 3.53. The molecule has 0 fully saturated rings. The van der Waals surface area contributed by atoms with E-state index in [1.807, 2.05) is 35.7 Å². The van der Waals surface area contributed by atoms with Crippen LogP contribution in [0.4, 0.5) is 5.13 Å². The van der Waals surface area contributed by atoms with E-state index in [0.29, 0.717) is 10.7 Å². The Hall–Kier alpha value is -1.73. The van der Waals surface area contributed by atoms with Crippen molar-refractivity contribution in [2.75, 3.05) is 5.32 Å². The minimum Gasteiger partial charge on any atom is -0.298 e. The Morgan fingerprint density at radius 2 is 1.95 bits per heavy atom. The van der Waals surface area contributed by atoms with Crippen LogP contribution >= 0.6 is 33.9 Å². The molecule has 0 spiro atoms. The summed E-state index contributed by atoms with van der Waals surface area (Å²) in [6.45, 7) is 2.05. The number of nitrogens with one attached hydrogen (secondary N) is 1. The van der Waals surface area contributed by atoms with Crippen LogP contribution in [-0.4, -0.2) is 10.9 Å². The molecule has 0 bridgehead atoms. The molecule has 3 aromatic rings. The SMILES string of the molecule is Cc1ccc(-c2csc(NC(=O)c3cccc(I)c3)n2)cc1. The van der Waals surface area contributed by atoms with Crippen molar-refractivity contribution >= 4 is 45.0 Å². The van der Waals surface area contributed by atoms with E-state index in [2.05, 4.69) is 51.9 Å². The van der Waals surface area contributed by atoms with Gasteiger partial charge in [0.15, 0.2) is 5.13 Å². The number of hydrogen-bond acceptors (Lipinski definition) is 3. The largest absolute Gasteiger partial charge is 0.298 e. The second-order valence-electron chi connectivity index (χ2n) is 4.87. The minimum atomic E-state index is -0.136. The summed E-state index contributed by atoms with van der Waals surface area (Å²) in [5.74, 6) is -0.136. The standard InChI is InChI=1S/C17H13IN2OS/c1-11-5-7-12(8-6-11)15-10-22-17(19-15)20-16(21)13-3-2-4-14(18)9-13/h2-10H,1H3,(H,19,20,21). The van der Waals surface area contributed by atoms with Crippen molar-refractivity contribution in [3.05, 3.63) is 68.6 Å². The van der Waals surface area contributed by atoms with Crippen molar-refractivity contribution in [2.24, 2.45) is 0 Å². The Labute approximate surface area is 146 Å². The third-order valence-corrected chi connectivity index (χ3v) is 4.59. The molecule has 1 N–H and O–H groups in total. The molecule has 1 amide bonds. The number of carbonyl (C=O) groups excluding carboxylic acids is 1. The molecule has 0 aliphatic heterocycles. The summed E-state index contributed by atoms with van der Waals surface area (Å²) in [6.07, 6.45) is 0. The van der Waals surface area contributed by atoms with E-state index in [1.165, 1.54) is 16.9 Å². The zero-order valence-electron chi connectivity index (χ0n) is 11.8. The maximum atomic E-state index is 12.2. The first-order valence-corrected chi connectivity index (χ1v) is 8.67. The lowest BCUT2D eigenvalue weighted by molar-refractivity contribution is 0.102. The summed E-state index contributed by atoms with van der Waals surface area (Å²) in [5.41, 5.74) is 3.78. The Morgan fingerprint density at radius 3 is 2.68 bits per heavy atom. The molecule has 0 saturated carbocycles. The number of hydrogen-bond donors (Lipinski definition) is 1. The van der Waals surface area contributed by atoms with Crippen LogP contribution in [0.25, 0.3) is 11.3 Å². The Bertz CT molecular complexity index is 812. The molecule has 0 aliphatic carbocycles. The lowest BCUT2D eigenvalue weighted by Crippen LogP contribution is -2.11. The fourth-order valence-corrected chi connectivity index (χ4v) is 3.24. The van der Waals surface area contributed by atoms with Crippen LogP contribution in [0, 0.1) is 10.5 Å². The molecule has 0 atom stereocenters. The van der Waals surface area contributed by atoms with E-state index in [9.17, 15) is 4.79 Å². The van der Waals surface area contributed by atoms with Gasteiger partial charge in [0, 0.05) is 20.1 Å². The third-order valence-electron chi connectivity index (χ3n) is 3.16. The van der Waals surface area contributed by atoms with Crippen LogP contribution in [0.1, 0.15) is 15.9 Å². The number of thiazole rings is 1. The van der Waals surface area contributed by atoms with Crippen LogP contribution in [0.3, 0.4) is 0 Å². The Balaban J connectivity index is 1.77. The molecule has 0 saturated heterocycles. The van der Waals surface area contributed by atoms with Gasteiger partial charge in [0.1, 0.15) is 0 Å². The number of aromatic nitrogens is 1. The van der Waals surface area contributed by atoms with E-state index in [4.69, 9.17) is 0 Å². The van der Waals surface area contributed by atoms with Crippen molar-refractivity contribution in [1.29, 1.82) is 0 Å². The van der Waals surface area contributed by atoms with Gasteiger partial charge in [-0.15, -0.1) is 11.3 Å². The van der Waals surface area contributed by atoms with Gasteiger partial charge in [-0.3, -0.25) is 10.1 Å². The average Bonchev–Trinajstić information content (AvgIpc) is 2.96. The molecule has 0 radical (unpaired) electrons. The van der Waals surface area contributed by atoms with Crippen LogP contribution in [0.5, 0.6) is 0 Å². The highest BCUT2D eigenvalue weighted by Crippen LogP contribution is 2.25. The van der Waals surface area contributed by atoms with E-state index in [1.54, 1.807) is 6.07 Å². The van der Waals surface area contributed by atoms with E-state index < -0.39 is 0 Å². The highest BCUT2D eigenvalue weighted by molar-refractivity contribution is 14.1. The molecular weight excluding hydrogens is 407 g/mol. The normalized spacial score (nSPS) is 10.5. The summed E-state index contributed by atoms with van der Waals surface area (Å²) in [5, 5.41) is 5.42. The van der Waals surface area contributed by atoms with Crippen molar-refractivity contribution in [3.63, 3.8) is 0 Å². The summed E-state index contributed by atoms with van der Waals surface area (Å²) in [7, 11) is 0. The first kappa shape index (κ1) is 15.2. The van der Waals surface area contributed by atoms with Crippen molar-refractivity contribution < 1.29 is 4.79 Å². The van der Waals surface area contributed by atoms with Crippen LogP contribution in [-0.2, 0) is 0 Å². The van der Waals surface area contributed by atoms with Gasteiger partial charge >= 0.3 is 0 Å². The molecule has 1 aromatic heterocycles. The molecule has 2 aromatic carbocycles. The van der Waals surface area contributed by atoms with Gasteiger partial charge in [0.25, 0.3) is 5.91 Å². The van der Waals surface area contributed by atoms with Gasteiger partial charge in [-0.1, -0.05) is 35.9 Å². The molecule has 3 nitrogen and oxygen atoms in total. The number of aryl methyl sites for hydroxylation is 1. The number of amides is 1. The van der Waals surface area contributed by atoms with E-state index in [-0.39, 0.29) is 5.91 Å². The fourth-order valence-electron chi connectivity index (χ4n) is 1.99. The molecule has 22 heavy (non-hydrogen) atoms. The number of nitrogens with zero attached hydrogens (tertiary/aromatic N) is 1. The molecule has 1 heterocycles. The lowest BCUT2D eigenvalue weighted by Gasteiger charge is -2.02. The topological polar surface area (TPSA) is 42.0 Å². The monoisotopic (exact) mass is 420 g/mol.